The molecule has 25 heavy (non-hydrogen) atoms. The maximum atomic E-state index is 12.1. The van der Waals surface area contributed by atoms with Crippen LogP contribution in [0.25, 0.3) is 16.7 Å². The number of rotatable bonds is 3. The molecule has 0 unspecified atom stereocenters. The lowest BCUT2D eigenvalue weighted by atomic mass is 10.1. The van der Waals surface area contributed by atoms with Crippen molar-refractivity contribution >= 4 is 28.4 Å². The Morgan fingerprint density at radius 1 is 1.32 bits per heavy atom. The summed E-state index contributed by atoms with van der Waals surface area (Å²) in [5.74, 6) is 0.649. The number of imidazole rings is 1. The van der Waals surface area contributed by atoms with Gasteiger partial charge in [0.15, 0.2) is 5.65 Å². The van der Waals surface area contributed by atoms with E-state index in [9.17, 15) is 10.1 Å². The van der Waals surface area contributed by atoms with E-state index in [0.29, 0.717) is 11.2 Å². The number of hydrogen-bond acceptors (Lipinski definition) is 4. The molecule has 1 aromatic carbocycles. The van der Waals surface area contributed by atoms with Crippen LogP contribution >= 0.6 is 0 Å². The van der Waals surface area contributed by atoms with Crippen LogP contribution in [0.2, 0.25) is 0 Å². The van der Waals surface area contributed by atoms with E-state index in [-0.39, 0.29) is 18.0 Å². The molecule has 2 N–H and O–H groups in total. The summed E-state index contributed by atoms with van der Waals surface area (Å²) >= 11 is 0. The van der Waals surface area contributed by atoms with Crippen molar-refractivity contribution in [2.24, 2.45) is 0 Å². The lowest BCUT2D eigenvalue weighted by molar-refractivity contribution is -0.120. The third-order valence-corrected chi connectivity index (χ3v) is 3.83. The summed E-state index contributed by atoms with van der Waals surface area (Å²) in [6.45, 7) is 7.84. The minimum absolute atomic E-state index is 0.0907. The van der Waals surface area contributed by atoms with Crippen LogP contribution in [0, 0.1) is 18.3 Å². The van der Waals surface area contributed by atoms with Crippen LogP contribution in [0.4, 0.5) is 5.82 Å². The first-order chi connectivity index (χ1) is 11.8. The molecule has 6 heteroatoms. The van der Waals surface area contributed by atoms with Gasteiger partial charge in [0.1, 0.15) is 11.9 Å². The number of benzene rings is 1. The molecule has 3 rings (SSSR count). The summed E-state index contributed by atoms with van der Waals surface area (Å²) in [4.78, 5) is 16.7. The van der Waals surface area contributed by atoms with Crippen LogP contribution < -0.4 is 10.6 Å². The Hall–Kier alpha value is -3.07. The number of aryl methyl sites for hydroxylation is 1. The van der Waals surface area contributed by atoms with Gasteiger partial charge in [0, 0.05) is 5.54 Å². The molecule has 0 radical (unpaired) electrons. The molecule has 3 aromatic rings. The van der Waals surface area contributed by atoms with Crippen molar-refractivity contribution in [3.63, 3.8) is 0 Å². The SMILES string of the molecule is Cc1cc(NCC(=O)NC(C)(C)C)n2c(nc3ccccc32)c1C#N. The van der Waals surface area contributed by atoms with Crippen LogP contribution in [-0.4, -0.2) is 27.4 Å². The first kappa shape index (κ1) is 16.8. The molecule has 0 aliphatic heterocycles. The van der Waals surface area contributed by atoms with E-state index in [0.717, 1.165) is 22.4 Å². The Morgan fingerprint density at radius 3 is 2.72 bits per heavy atom. The molecule has 0 spiro atoms. The van der Waals surface area contributed by atoms with Crippen molar-refractivity contribution in [3.05, 3.63) is 41.5 Å². The van der Waals surface area contributed by atoms with Crippen molar-refractivity contribution in [1.29, 1.82) is 5.26 Å². The molecule has 0 saturated carbocycles. The minimum Gasteiger partial charge on any atom is -0.362 e. The topological polar surface area (TPSA) is 82.2 Å². The van der Waals surface area contributed by atoms with Gasteiger partial charge >= 0.3 is 0 Å². The van der Waals surface area contributed by atoms with Gasteiger partial charge in [-0.3, -0.25) is 9.20 Å². The van der Waals surface area contributed by atoms with Crippen LogP contribution in [-0.2, 0) is 4.79 Å². The summed E-state index contributed by atoms with van der Waals surface area (Å²) in [6.07, 6.45) is 0. The van der Waals surface area contributed by atoms with E-state index < -0.39 is 0 Å². The number of hydrogen-bond donors (Lipinski definition) is 2. The molecule has 0 bridgehead atoms. The molecular weight excluding hydrogens is 314 g/mol. The van der Waals surface area contributed by atoms with E-state index in [1.165, 1.54) is 0 Å². The first-order valence-electron chi connectivity index (χ1n) is 8.16. The largest absolute Gasteiger partial charge is 0.362 e. The molecule has 0 atom stereocenters. The van der Waals surface area contributed by atoms with E-state index in [4.69, 9.17) is 0 Å². The summed E-state index contributed by atoms with van der Waals surface area (Å²) in [5, 5.41) is 15.6. The average molecular weight is 335 g/mol. The maximum Gasteiger partial charge on any atom is 0.239 e. The highest BCUT2D eigenvalue weighted by Crippen LogP contribution is 2.26. The number of nitrogens with zero attached hydrogens (tertiary/aromatic N) is 3. The lowest BCUT2D eigenvalue weighted by Gasteiger charge is -2.21. The zero-order valence-corrected chi connectivity index (χ0v) is 14.8. The van der Waals surface area contributed by atoms with Gasteiger partial charge in [-0.15, -0.1) is 0 Å². The molecule has 0 aliphatic carbocycles. The molecule has 1 amide bonds. The highest BCUT2D eigenvalue weighted by atomic mass is 16.2. The van der Waals surface area contributed by atoms with Crippen LogP contribution in [0.3, 0.4) is 0 Å². The third-order valence-electron chi connectivity index (χ3n) is 3.83. The molecule has 0 fully saturated rings. The fraction of sp³-hybridized carbons (Fsp3) is 0.316. The van der Waals surface area contributed by atoms with E-state index in [1.807, 2.05) is 62.4 Å². The molecule has 2 aromatic heterocycles. The van der Waals surface area contributed by atoms with Gasteiger partial charge < -0.3 is 10.6 Å². The Bertz CT molecular complexity index is 1000. The number of amides is 1. The van der Waals surface area contributed by atoms with Crippen LogP contribution in [0.1, 0.15) is 31.9 Å². The average Bonchev–Trinajstić information content (AvgIpc) is 2.90. The summed E-state index contributed by atoms with van der Waals surface area (Å²) in [5.41, 5.74) is 3.39. The fourth-order valence-corrected chi connectivity index (χ4v) is 2.86. The van der Waals surface area contributed by atoms with Crippen LogP contribution in [0.15, 0.2) is 30.3 Å². The molecular formula is C19H21N5O. The number of carbonyl (C=O) groups excluding carboxylic acids is 1. The number of anilines is 1. The molecule has 2 heterocycles. The Labute approximate surface area is 146 Å². The third kappa shape index (κ3) is 3.26. The summed E-state index contributed by atoms with van der Waals surface area (Å²) < 4.78 is 1.89. The predicted octanol–water partition coefficient (Wildman–Crippen LogP) is 2.99. The smallest absolute Gasteiger partial charge is 0.239 e. The normalized spacial score (nSPS) is 11.5. The van der Waals surface area contributed by atoms with Crippen molar-refractivity contribution in [3.8, 4) is 6.07 Å². The Balaban J connectivity index is 2.06. The van der Waals surface area contributed by atoms with Gasteiger partial charge in [0.05, 0.1) is 23.1 Å². The van der Waals surface area contributed by atoms with Crippen LogP contribution in [0.5, 0.6) is 0 Å². The second-order valence-corrected chi connectivity index (χ2v) is 7.11. The van der Waals surface area contributed by atoms with Gasteiger partial charge in [-0.25, -0.2) is 4.98 Å². The van der Waals surface area contributed by atoms with E-state index >= 15 is 0 Å². The second kappa shape index (κ2) is 6.10. The van der Waals surface area contributed by atoms with Gasteiger partial charge in [0.25, 0.3) is 0 Å². The molecule has 128 valence electrons. The van der Waals surface area contributed by atoms with Crippen molar-refractivity contribution < 1.29 is 4.79 Å². The van der Waals surface area contributed by atoms with Gasteiger partial charge in [0.2, 0.25) is 5.91 Å². The lowest BCUT2D eigenvalue weighted by Crippen LogP contribution is -2.43. The maximum absolute atomic E-state index is 12.1. The Kier molecular flexibility index (Phi) is 4.09. The number of nitriles is 1. The van der Waals surface area contributed by atoms with Crippen molar-refractivity contribution in [2.45, 2.75) is 33.2 Å². The predicted molar refractivity (Wildman–Crippen MR) is 98.5 cm³/mol. The van der Waals surface area contributed by atoms with Crippen molar-refractivity contribution in [2.75, 3.05) is 11.9 Å². The summed E-state index contributed by atoms with van der Waals surface area (Å²) in [6, 6.07) is 11.8. The number of para-hydroxylation sites is 2. The zero-order valence-electron chi connectivity index (χ0n) is 14.8. The zero-order chi connectivity index (χ0) is 18.2. The molecule has 0 saturated heterocycles. The van der Waals surface area contributed by atoms with E-state index in [2.05, 4.69) is 21.7 Å². The fourth-order valence-electron chi connectivity index (χ4n) is 2.86. The van der Waals surface area contributed by atoms with Gasteiger partial charge in [-0.05, 0) is 51.5 Å². The molecule has 0 aliphatic rings. The standard InChI is InChI=1S/C19H21N5O/c1-12-9-16(21-11-17(25)23-19(2,3)4)24-15-8-6-5-7-14(15)22-18(24)13(12)10-20/h5-9,21H,11H2,1-4H3,(H,23,25). The van der Waals surface area contributed by atoms with Gasteiger partial charge in [-0.2, -0.15) is 5.26 Å². The van der Waals surface area contributed by atoms with Gasteiger partial charge in [-0.1, -0.05) is 12.1 Å². The van der Waals surface area contributed by atoms with E-state index in [1.54, 1.807) is 0 Å². The monoisotopic (exact) mass is 335 g/mol. The number of carbonyl (C=O) groups is 1. The first-order valence-corrected chi connectivity index (χ1v) is 8.16. The number of nitrogens with one attached hydrogen (secondary N) is 2. The highest BCUT2D eigenvalue weighted by molar-refractivity contribution is 5.86. The number of aromatic nitrogens is 2. The quantitative estimate of drug-likeness (QED) is 0.771. The Morgan fingerprint density at radius 2 is 2.04 bits per heavy atom. The minimum atomic E-state index is -0.281. The number of fused-ring (bicyclic) bond motifs is 3. The summed E-state index contributed by atoms with van der Waals surface area (Å²) in [7, 11) is 0. The highest BCUT2D eigenvalue weighted by Gasteiger charge is 2.17. The second-order valence-electron chi connectivity index (χ2n) is 7.11. The number of pyridine rings is 1. The molecule has 6 nitrogen and oxygen atoms in total. The van der Waals surface area contributed by atoms with Crippen molar-refractivity contribution in [1.82, 2.24) is 14.7 Å².